The Labute approximate surface area is 111 Å². The third kappa shape index (κ3) is 3.93. The van der Waals surface area contributed by atoms with Crippen molar-refractivity contribution in [3.05, 3.63) is 34.9 Å². The van der Waals surface area contributed by atoms with Crippen LogP contribution in [0.3, 0.4) is 0 Å². The maximum atomic E-state index is 11.4. The van der Waals surface area contributed by atoms with Gasteiger partial charge in [-0.25, -0.2) is 0 Å². The van der Waals surface area contributed by atoms with Crippen LogP contribution in [0.5, 0.6) is 0 Å². The maximum absolute atomic E-state index is 11.4. The molecule has 17 heavy (non-hydrogen) atoms. The summed E-state index contributed by atoms with van der Waals surface area (Å²) in [7, 11) is 0. The predicted octanol–water partition coefficient (Wildman–Crippen LogP) is 3.20. The van der Waals surface area contributed by atoms with Crippen LogP contribution >= 0.6 is 23.4 Å². The molecule has 92 valence electrons. The van der Waals surface area contributed by atoms with Crippen LogP contribution in [0.4, 0.5) is 0 Å². The number of hydrogen-bond donors (Lipinski definition) is 0. The molecule has 0 N–H and O–H groups in total. The van der Waals surface area contributed by atoms with Crippen molar-refractivity contribution in [1.82, 2.24) is 4.90 Å². The molecule has 0 aliphatic carbocycles. The minimum absolute atomic E-state index is 0.317. The van der Waals surface area contributed by atoms with E-state index in [2.05, 4.69) is 12.1 Å². The van der Waals surface area contributed by atoms with Gasteiger partial charge in [0, 0.05) is 36.0 Å². The first-order valence-corrected chi connectivity index (χ1v) is 7.39. The van der Waals surface area contributed by atoms with Gasteiger partial charge in [0.05, 0.1) is 0 Å². The van der Waals surface area contributed by atoms with Gasteiger partial charge in [0.2, 0.25) is 5.91 Å². The fourth-order valence-electron chi connectivity index (χ4n) is 1.89. The third-order valence-electron chi connectivity index (χ3n) is 2.86. The van der Waals surface area contributed by atoms with E-state index in [0.29, 0.717) is 5.91 Å². The summed E-state index contributed by atoms with van der Waals surface area (Å²) in [6, 6.07) is 7.94. The van der Waals surface area contributed by atoms with Crippen molar-refractivity contribution in [1.29, 1.82) is 0 Å². The van der Waals surface area contributed by atoms with Crippen LogP contribution in [-0.2, 0) is 10.5 Å². The monoisotopic (exact) mass is 269 g/mol. The minimum atomic E-state index is 0.317. The van der Waals surface area contributed by atoms with Gasteiger partial charge < -0.3 is 4.90 Å². The fourth-order valence-corrected chi connectivity index (χ4v) is 2.93. The second-order valence-corrected chi connectivity index (χ2v) is 5.70. The second-order valence-electron chi connectivity index (χ2n) is 4.16. The zero-order chi connectivity index (χ0) is 12.1. The van der Waals surface area contributed by atoms with Crippen molar-refractivity contribution in [3.63, 3.8) is 0 Å². The van der Waals surface area contributed by atoms with E-state index in [1.165, 1.54) is 5.56 Å². The lowest BCUT2D eigenvalue weighted by atomic mass is 10.2. The van der Waals surface area contributed by atoms with E-state index in [-0.39, 0.29) is 0 Å². The molecule has 2 nitrogen and oxygen atoms in total. The number of rotatable bonds is 5. The van der Waals surface area contributed by atoms with Crippen molar-refractivity contribution in [3.8, 4) is 0 Å². The first kappa shape index (κ1) is 12.8. The summed E-state index contributed by atoms with van der Waals surface area (Å²) in [5.41, 5.74) is 1.28. The van der Waals surface area contributed by atoms with E-state index in [0.717, 1.165) is 42.5 Å². The number of likely N-dealkylation sites (tertiary alicyclic amines) is 1. The molecule has 2 rings (SSSR count). The number of carbonyl (C=O) groups is 1. The lowest BCUT2D eigenvalue weighted by molar-refractivity contribution is -0.127. The average Bonchev–Trinajstić information content (AvgIpc) is 2.73. The Balaban J connectivity index is 1.66. The first-order valence-electron chi connectivity index (χ1n) is 5.85. The largest absolute Gasteiger partial charge is 0.342 e. The van der Waals surface area contributed by atoms with E-state index >= 15 is 0 Å². The molecule has 1 aliphatic heterocycles. The number of thioether (sulfide) groups is 1. The van der Waals surface area contributed by atoms with Gasteiger partial charge in [0.15, 0.2) is 0 Å². The highest BCUT2D eigenvalue weighted by molar-refractivity contribution is 7.98. The molecule has 1 amide bonds. The second kappa shape index (κ2) is 6.31. The SMILES string of the molecule is O=C1CCCN1CCSCc1ccc(Cl)cc1. The quantitative estimate of drug-likeness (QED) is 0.765. The van der Waals surface area contributed by atoms with Gasteiger partial charge in [-0.05, 0) is 24.1 Å². The van der Waals surface area contributed by atoms with Crippen molar-refractivity contribution in [2.45, 2.75) is 18.6 Å². The van der Waals surface area contributed by atoms with Crippen molar-refractivity contribution < 1.29 is 4.79 Å². The zero-order valence-electron chi connectivity index (χ0n) is 9.69. The molecule has 0 atom stereocenters. The predicted molar refractivity (Wildman–Crippen MR) is 73.4 cm³/mol. The molecule has 0 unspecified atom stereocenters. The molecule has 0 bridgehead atoms. The molecule has 0 saturated carbocycles. The Morgan fingerprint density at radius 1 is 1.29 bits per heavy atom. The molecule has 0 radical (unpaired) electrons. The maximum Gasteiger partial charge on any atom is 0.222 e. The first-order chi connectivity index (χ1) is 8.25. The lowest BCUT2D eigenvalue weighted by Crippen LogP contribution is -2.26. The summed E-state index contributed by atoms with van der Waals surface area (Å²) in [4.78, 5) is 13.3. The Morgan fingerprint density at radius 2 is 2.06 bits per heavy atom. The Morgan fingerprint density at radius 3 is 2.71 bits per heavy atom. The highest BCUT2D eigenvalue weighted by atomic mass is 35.5. The van der Waals surface area contributed by atoms with Gasteiger partial charge in [-0.15, -0.1) is 0 Å². The number of nitrogens with zero attached hydrogens (tertiary/aromatic N) is 1. The molecule has 0 aromatic heterocycles. The number of carbonyl (C=O) groups excluding carboxylic acids is 1. The molecule has 1 aliphatic rings. The molecule has 1 aromatic carbocycles. The van der Waals surface area contributed by atoms with Crippen LogP contribution in [0, 0.1) is 0 Å². The summed E-state index contributed by atoms with van der Waals surface area (Å²) in [5, 5.41) is 0.779. The van der Waals surface area contributed by atoms with Crippen molar-refractivity contribution in [2.24, 2.45) is 0 Å². The molecule has 1 heterocycles. The van der Waals surface area contributed by atoms with Crippen molar-refractivity contribution >= 4 is 29.3 Å². The van der Waals surface area contributed by atoms with Crippen LogP contribution in [0.2, 0.25) is 5.02 Å². The van der Waals surface area contributed by atoms with Crippen LogP contribution in [0.15, 0.2) is 24.3 Å². The van der Waals surface area contributed by atoms with Crippen LogP contribution < -0.4 is 0 Å². The van der Waals surface area contributed by atoms with Crippen LogP contribution in [-0.4, -0.2) is 29.6 Å². The molecule has 1 saturated heterocycles. The van der Waals surface area contributed by atoms with Crippen LogP contribution in [0.25, 0.3) is 0 Å². The van der Waals surface area contributed by atoms with E-state index in [1.54, 1.807) is 0 Å². The van der Waals surface area contributed by atoms with Gasteiger partial charge in [-0.3, -0.25) is 4.79 Å². The van der Waals surface area contributed by atoms with Crippen molar-refractivity contribution in [2.75, 3.05) is 18.8 Å². The van der Waals surface area contributed by atoms with E-state index < -0.39 is 0 Å². The van der Waals surface area contributed by atoms with Gasteiger partial charge in [0.25, 0.3) is 0 Å². The minimum Gasteiger partial charge on any atom is -0.342 e. The number of benzene rings is 1. The molecular weight excluding hydrogens is 254 g/mol. The lowest BCUT2D eigenvalue weighted by Gasteiger charge is -2.14. The van der Waals surface area contributed by atoms with E-state index in [9.17, 15) is 4.79 Å². The molecule has 0 spiro atoms. The van der Waals surface area contributed by atoms with Gasteiger partial charge in [-0.2, -0.15) is 11.8 Å². The number of halogens is 1. The van der Waals surface area contributed by atoms with Gasteiger partial charge in [0.1, 0.15) is 0 Å². The van der Waals surface area contributed by atoms with Crippen LogP contribution in [0.1, 0.15) is 18.4 Å². The smallest absolute Gasteiger partial charge is 0.222 e. The fraction of sp³-hybridized carbons (Fsp3) is 0.462. The third-order valence-corrected chi connectivity index (χ3v) is 4.12. The number of amides is 1. The Kier molecular flexibility index (Phi) is 4.75. The zero-order valence-corrected chi connectivity index (χ0v) is 11.3. The molecule has 1 aromatic rings. The topological polar surface area (TPSA) is 20.3 Å². The highest BCUT2D eigenvalue weighted by Crippen LogP contribution is 2.16. The summed E-state index contributed by atoms with van der Waals surface area (Å²) in [6.07, 6.45) is 1.77. The normalized spacial score (nSPS) is 15.6. The average molecular weight is 270 g/mol. The Hall–Kier alpha value is -0.670. The highest BCUT2D eigenvalue weighted by Gasteiger charge is 2.18. The summed E-state index contributed by atoms with van der Waals surface area (Å²) in [6.45, 7) is 1.83. The molecular formula is C13H16ClNOS. The number of hydrogen-bond acceptors (Lipinski definition) is 2. The molecule has 1 fully saturated rings. The summed E-state index contributed by atoms with van der Waals surface area (Å²) >= 11 is 7.69. The summed E-state index contributed by atoms with van der Waals surface area (Å²) in [5.74, 6) is 2.31. The standard InChI is InChI=1S/C13H16ClNOS/c14-12-5-3-11(4-6-12)10-17-9-8-15-7-1-2-13(15)16/h3-6H,1-2,7-10H2. The molecule has 4 heteroatoms. The summed E-state index contributed by atoms with van der Waals surface area (Å²) < 4.78 is 0. The van der Waals surface area contributed by atoms with E-state index in [4.69, 9.17) is 11.6 Å². The Bertz CT molecular complexity index is 380. The van der Waals surface area contributed by atoms with E-state index in [1.807, 2.05) is 28.8 Å². The van der Waals surface area contributed by atoms with Gasteiger partial charge >= 0.3 is 0 Å². The van der Waals surface area contributed by atoms with Gasteiger partial charge in [-0.1, -0.05) is 23.7 Å².